The van der Waals surface area contributed by atoms with Gasteiger partial charge in [-0.25, -0.2) is 0 Å². The van der Waals surface area contributed by atoms with Crippen LogP contribution in [0.5, 0.6) is 5.75 Å². The number of aromatic nitrogens is 1. The Kier molecular flexibility index (Phi) is 7.22. The van der Waals surface area contributed by atoms with Crippen molar-refractivity contribution in [3.63, 3.8) is 0 Å². The number of ether oxygens (including phenoxy) is 2. The molecule has 0 radical (unpaired) electrons. The topological polar surface area (TPSA) is 97.5 Å². The van der Waals surface area contributed by atoms with Crippen LogP contribution in [-0.2, 0) is 22.6 Å². The summed E-state index contributed by atoms with van der Waals surface area (Å²) >= 11 is 0. The molecule has 3 rings (SSSR count). The van der Waals surface area contributed by atoms with Gasteiger partial charge in [-0.1, -0.05) is 42.5 Å². The first-order valence-electron chi connectivity index (χ1n) is 9.90. The van der Waals surface area contributed by atoms with Gasteiger partial charge in [0.05, 0.1) is 12.5 Å². The molecule has 160 valence electrons. The summed E-state index contributed by atoms with van der Waals surface area (Å²) in [5.41, 5.74) is 1.85. The van der Waals surface area contributed by atoms with Crippen molar-refractivity contribution >= 4 is 17.6 Å². The normalized spacial score (nSPS) is 10.5. The van der Waals surface area contributed by atoms with Crippen LogP contribution in [0.2, 0.25) is 0 Å². The molecule has 7 heteroatoms. The van der Waals surface area contributed by atoms with Crippen LogP contribution in [0, 0.1) is 0 Å². The van der Waals surface area contributed by atoms with Crippen LogP contribution in [0.15, 0.2) is 71.7 Å². The number of nitrogens with one attached hydrogen (secondary N) is 2. The average Bonchev–Trinajstić information content (AvgIpc) is 2.73. The first kappa shape index (κ1) is 21.8. The maximum atomic E-state index is 12.5. The third-order valence-electron chi connectivity index (χ3n) is 4.26. The van der Waals surface area contributed by atoms with Gasteiger partial charge in [-0.2, -0.15) is 0 Å². The van der Waals surface area contributed by atoms with E-state index in [1.54, 1.807) is 38.1 Å². The lowest BCUT2D eigenvalue weighted by molar-refractivity contribution is -0.146. The molecule has 2 N–H and O–H groups in total. The predicted octanol–water partition coefficient (Wildman–Crippen LogP) is 3.70. The lowest BCUT2D eigenvalue weighted by Gasteiger charge is -2.10. The van der Waals surface area contributed by atoms with Gasteiger partial charge in [-0.3, -0.25) is 14.4 Å². The second-order valence-corrected chi connectivity index (χ2v) is 7.22. The van der Waals surface area contributed by atoms with Gasteiger partial charge in [0.15, 0.2) is 5.75 Å². The molecule has 31 heavy (non-hydrogen) atoms. The summed E-state index contributed by atoms with van der Waals surface area (Å²) in [6.45, 7) is 3.82. The fraction of sp³-hybridized carbons (Fsp3) is 0.208. The van der Waals surface area contributed by atoms with Gasteiger partial charge >= 0.3 is 5.97 Å². The first-order valence-corrected chi connectivity index (χ1v) is 9.90. The molecule has 0 aliphatic carbocycles. The third-order valence-corrected chi connectivity index (χ3v) is 4.26. The lowest BCUT2D eigenvalue weighted by Crippen LogP contribution is -2.18. The fourth-order valence-corrected chi connectivity index (χ4v) is 2.87. The highest BCUT2D eigenvalue weighted by molar-refractivity contribution is 6.02. The molecule has 0 saturated heterocycles. The van der Waals surface area contributed by atoms with Gasteiger partial charge in [0.2, 0.25) is 5.43 Å². The average molecular weight is 420 g/mol. The molecule has 0 aliphatic rings. The highest BCUT2D eigenvalue weighted by Gasteiger charge is 2.12. The number of amides is 1. The number of esters is 1. The minimum atomic E-state index is -0.478. The Hall–Kier alpha value is -3.87. The van der Waals surface area contributed by atoms with Crippen molar-refractivity contribution in [1.82, 2.24) is 4.98 Å². The highest BCUT2D eigenvalue weighted by atomic mass is 16.5. The second kappa shape index (κ2) is 10.2. The molecule has 7 nitrogen and oxygen atoms in total. The largest absolute Gasteiger partial charge is 0.483 e. The zero-order valence-corrected chi connectivity index (χ0v) is 17.4. The molecule has 1 heterocycles. The van der Waals surface area contributed by atoms with E-state index in [1.807, 2.05) is 30.3 Å². The molecule has 1 amide bonds. The standard InChI is InChI=1S/C24H24N2O5/c1-16(2)31-23(28)12-18-9-6-10-19(11-18)26-24(29)20-13-21(27)22(14-25-20)30-15-17-7-4-3-5-8-17/h3-11,13-14,16H,12,15H2,1-2H3,(H,25,27)(H,26,29). The number of hydrogen-bond acceptors (Lipinski definition) is 5. The smallest absolute Gasteiger partial charge is 0.310 e. The minimum Gasteiger partial charge on any atom is -0.483 e. The van der Waals surface area contributed by atoms with E-state index in [0.29, 0.717) is 11.3 Å². The van der Waals surface area contributed by atoms with E-state index in [0.717, 1.165) is 5.56 Å². The fourth-order valence-electron chi connectivity index (χ4n) is 2.87. The van der Waals surface area contributed by atoms with Crippen LogP contribution in [0.4, 0.5) is 5.69 Å². The summed E-state index contributed by atoms with van der Waals surface area (Å²) in [6.07, 6.45) is 1.29. The maximum Gasteiger partial charge on any atom is 0.310 e. The van der Waals surface area contributed by atoms with Gasteiger partial charge in [0.25, 0.3) is 5.91 Å². The highest BCUT2D eigenvalue weighted by Crippen LogP contribution is 2.14. The molecular weight excluding hydrogens is 396 g/mol. The molecule has 0 unspecified atom stereocenters. The summed E-state index contributed by atoms with van der Waals surface area (Å²) in [4.78, 5) is 39.4. The van der Waals surface area contributed by atoms with E-state index in [9.17, 15) is 14.4 Å². The maximum absolute atomic E-state index is 12.5. The van der Waals surface area contributed by atoms with E-state index in [-0.39, 0.29) is 36.5 Å². The molecular formula is C24H24N2O5. The molecule has 3 aromatic rings. The number of carbonyl (C=O) groups excluding carboxylic acids is 2. The molecule has 2 aromatic carbocycles. The molecule has 1 aromatic heterocycles. The number of rotatable bonds is 8. The van der Waals surface area contributed by atoms with Crippen LogP contribution < -0.4 is 15.5 Å². The van der Waals surface area contributed by atoms with Crippen LogP contribution >= 0.6 is 0 Å². The Morgan fingerprint density at radius 1 is 1.00 bits per heavy atom. The number of carbonyl (C=O) groups is 2. The number of benzene rings is 2. The van der Waals surface area contributed by atoms with Crippen molar-refractivity contribution < 1.29 is 19.1 Å². The number of H-pyrrole nitrogens is 1. The van der Waals surface area contributed by atoms with Crippen LogP contribution in [0.1, 0.15) is 35.5 Å². The van der Waals surface area contributed by atoms with Crippen molar-refractivity contribution in [2.75, 3.05) is 5.32 Å². The Morgan fingerprint density at radius 3 is 2.45 bits per heavy atom. The van der Waals surface area contributed by atoms with E-state index >= 15 is 0 Å². The van der Waals surface area contributed by atoms with E-state index in [1.165, 1.54) is 12.3 Å². The van der Waals surface area contributed by atoms with Crippen LogP contribution in [0.3, 0.4) is 0 Å². The zero-order chi connectivity index (χ0) is 22.2. The van der Waals surface area contributed by atoms with Gasteiger partial charge in [0, 0.05) is 18.0 Å². The molecule has 0 bridgehead atoms. The van der Waals surface area contributed by atoms with Gasteiger partial charge in [-0.05, 0) is 37.1 Å². The Labute approximate surface area is 180 Å². The van der Waals surface area contributed by atoms with Crippen molar-refractivity contribution in [2.24, 2.45) is 0 Å². The molecule has 0 spiro atoms. The third kappa shape index (κ3) is 6.57. The summed E-state index contributed by atoms with van der Waals surface area (Å²) in [6, 6.07) is 17.6. The Bertz CT molecular complexity index is 1110. The first-order chi connectivity index (χ1) is 14.9. The van der Waals surface area contributed by atoms with E-state index in [2.05, 4.69) is 10.3 Å². The number of anilines is 1. The van der Waals surface area contributed by atoms with Crippen molar-refractivity contribution in [3.8, 4) is 5.75 Å². The quantitative estimate of drug-likeness (QED) is 0.542. The lowest BCUT2D eigenvalue weighted by atomic mass is 10.1. The second-order valence-electron chi connectivity index (χ2n) is 7.22. The summed E-state index contributed by atoms with van der Waals surface area (Å²) in [7, 11) is 0. The predicted molar refractivity (Wildman–Crippen MR) is 117 cm³/mol. The Morgan fingerprint density at radius 2 is 1.74 bits per heavy atom. The number of hydrogen-bond donors (Lipinski definition) is 2. The van der Waals surface area contributed by atoms with Crippen LogP contribution in [-0.4, -0.2) is 23.0 Å². The number of aromatic amines is 1. The Balaban J connectivity index is 1.63. The van der Waals surface area contributed by atoms with Crippen LogP contribution in [0.25, 0.3) is 0 Å². The van der Waals surface area contributed by atoms with Gasteiger partial charge in [-0.15, -0.1) is 0 Å². The molecule has 0 saturated carbocycles. The molecule has 0 aliphatic heterocycles. The monoisotopic (exact) mass is 420 g/mol. The van der Waals surface area contributed by atoms with E-state index < -0.39 is 11.3 Å². The molecule has 0 atom stereocenters. The van der Waals surface area contributed by atoms with Crippen molar-refractivity contribution in [3.05, 3.63) is 93.9 Å². The van der Waals surface area contributed by atoms with Crippen molar-refractivity contribution in [1.29, 1.82) is 0 Å². The summed E-state index contributed by atoms with van der Waals surface area (Å²) < 4.78 is 10.7. The summed E-state index contributed by atoms with van der Waals surface area (Å²) in [5, 5.41) is 2.72. The number of pyridine rings is 1. The van der Waals surface area contributed by atoms with Gasteiger partial charge in [0.1, 0.15) is 12.3 Å². The summed E-state index contributed by atoms with van der Waals surface area (Å²) in [5.74, 6) is -0.687. The minimum absolute atomic E-state index is 0.0988. The van der Waals surface area contributed by atoms with Gasteiger partial charge < -0.3 is 19.8 Å². The SMILES string of the molecule is CC(C)OC(=O)Cc1cccc(NC(=O)c2cc(=O)c(OCc3ccccc3)c[nH]2)c1. The van der Waals surface area contributed by atoms with E-state index in [4.69, 9.17) is 9.47 Å². The van der Waals surface area contributed by atoms with Crippen molar-refractivity contribution in [2.45, 2.75) is 33.0 Å². The zero-order valence-electron chi connectivity index (χ0n) is 17.4. The molecule has 0 fully saturated rings.